The van der Waals surface area contributed by atoms with E-state index in [4.69, 9.17) is 28.2 Å². The minimum absolute atomic E-state index is 0.525. The Balaban J connectivity index is 1.02. The Morgan fingerprint density at radius 2 is 0.671 bits per heavy atom. The summed E-state index contributed by atoms with van der Waals surface area (Å²) in [4.78, 5) is 16.0. The molecule has 7 nitrogen and oxygen atoms in total. The number of hydrogen-bond donors (Lipinski definition) is 0. The number of rotatable bonds is 6. The van der Waals surface area contributed by atoms with E-state index >= 15 is 0 Å². The third-order valence-corrected chi connectivity index (χ3v) is 13.8. The maximum Gasteiger partial charge on any atom is 0.164 e. The molecule has 0 aliphatic rings. The highest BCUT2D eigenvalue weighted by atomic mass is 16.3. The highest BCUT2D eigenvalue weighted by molar-refractivity contribution is 6.18. The number of para-hydroxylation sites is 4. The third kappa shape index (κ3) is 5.91. The monoisotopic (exact) mass is 896 g/mol. The maximum atomic E-state index is 6.49. The summed E-state index contributed by atoms with van der Waals surface area (Å²) in [5.41, 5.74) is 14.7. The first-order chi connectivity index (χ1) is 34.7. The van der Waals surface area contributed by atoms with Crippen LogP contribution in [0.3, 0.4) is 0 Å². The number of hydrogen-bond acceptors (Lipinski definition) is 6. The van der Waals surface area contributed by atoms with Crippen LogP contribution in [0.1, 0.15) is 0 Å². The lowest BCUT2D eigenvalue weighted by atomic mass is 9.92. The average molecular weight is 897 g/mol. The molecule has 10 aromatic carbocycles. The van der Waals surface area contributed by atoms with Gasteiger partial charge in [0, 0.05) is 70.9 Å². The lowest BCUT2D eigenvalue weighted by Gasteiger charge is -2.21. The molecule has 0 atom stereocenters. The second-order valence-corrected chi connectivity index (χ2v) is 17.9. The van der Waals surface area contributed by atoms with Crippen molar-refractivity contribution in [2.75, 3.05) is 0 Å². The van der Waals surface area contributed by atoms with Crippen molar-refractivity contribution in [1.82, 2.24) is 19.5 Å². The number of furan rings is 3. The van der Waals surface area contributed by atoms with Gasteiger partial charge in [-0.1, -0.05) is 146 Å². The van der Waals surface area contributed by atoms with Crippen LogP contribution in [0.15, 0.2) is 232 Å². The fourth-order valence-corrected chi connectivity index (χ4v) is 10.6. The molecular weight excluding hydrogens is 861 g/mol. The van der Waals surface area contributed by atoms with Crippen molar-refractivity contribution >= 4 is 87.6 Å². The Bertz CT molecular complexity index is 4410. The van der Waals surface area contributed by atoms with Crippen molar-refractivity contribution in [3.05, 3.63) is 218 Å². The van der Waals surface area contributed by atoms with Crippen LogP contribution in [0.4, 0.5) is 0 Å². The summed E-state index contributed by atoms with van der Waals surface area (Å²) in [6.07, 6.45) is 0. The first-order valence-electron chi connectivity index (χ1n) is 23.4. The van der Waals surface area contributed by atoms with E-state index in [1.54, 1.807) is 0 Å². The van der Waals surface area contributed by atoms with Crippen LogP contribution in [-0.4, -0.2) is 19.5 Å². The number of fused-ring (bicyclic) bond motifs is 12. The Kier molecular flexibility index (Phi) is 8.23. The second kappa shape index (κ2) is 15.0. The first kappa shape index (κ1) is 38.5. The van der Waals surface area contributed by atoms with Crippen LogP contribution >= 0.6 is 0 Å². The van der Waals surface area contributed by atoms with E-state index in [2.05, 4.69) is 162 Å². The molecule has 7 heteroatoms. The molecule has 0 radical (unpaired) electrons. The highest BCUT2D eigenvalue weighted by Gasteiger charge is 2.25. The van der Waals surface area contributed by atoms with Gasteiger partial charge in [-0.2, -0.15) is 0 Å². The Morgan fingerprint density at radius 3 is 1.20 bits per heavy atom. The van der Waals surface area contributed by atoms with E-state index in [1.165, 1.54) is 0 Å². The molecule has 0 unspecified atom stereocenters. The van der Waals surface area contributed by atoms with E-state index in [-0.39, 0.29) is 0 Å². The predicted molar refractivity (Wildman–Crippen MR) is 283 cm³/mol. The van der Waals surface area contributed by atoms with Gasteiger partial charge >= 0.3 is 0 Å². The summed E-state index contributed by atoms with van der Waals surface area (Å²) in [6.45, 7) is 0. The smallest absolute Gasteiger partial charge is 0.164 e. The highest BCUT2D eigenvalue weighted by Crippen LogP contribution is 2.46. The van der Waals surface area contributed by atoms with Gasteiger partial charge in [0.2, 0.25) is 0 Å². The molecule has 0 saturated carbocycles. The molecule has 70 heavy (non-hydrogen) atoms. The van der Waals surface area contributed by atoms with E-state index in [9.17, 15) is 0 Å². The summed E-state index contributed by atoms with van der Waals surface area (Å²) < 4.78 is 21.7. The van der Waals surface area contributed by atoms with Gasteiger partial charge in [-0.05, 0) is 83.9 Å². The lowest BCUT2D eigenvalue weighted by Crippen LogP contribution is -2.04. The quantitative estimate of drug-likeness (QED) is 0.165. The van der Waals surface area contributed by atoms with Crippen LogP contribution in [-0.2, 0) is 0 Å². The molecule has 0 aliphatic carbocycles. The third-order valence-electron chi connectivity index (χ3n) is 13.8. The van der Waals surface area contributed by atoms with Gasteiger partial charge in [0.05, 0.1) is 16.7 Å². The van der Waals surface area contributed by atoms with Crippen LogP contribution < -0.4 is 0 Å². The average Bonchev–Trinajstić information content (AvgIpc) is 4.19. The molecule has 15 aromatic rings. The maximum absolute atomic E-state index is 6.49. The molecular formula is C63H36N4O3. The molecule has 0 saturated heterocycles. The van der Waals surface area contributed by atoms with E-state index in [1.807, 2.05) is 60.7 Å². The Hall–Kier alpha value is -9.59. The van der Waals surface area contributed by atoms with Gasteiger partial charge in [-0.15, -0.1) is 0 Å². The molecule has 0 N–H and O–H groups in total. The summed E-state index contributed by atoms with van der Waals surface area (Å²) in [5.74, 6) is 1.58. The standard InChI is InChI=1S/C63H36N4O3/c1-3-15-37(16-4-1)48-31-41(32-49(38-17-5-2-6-18-38)60(48)67-52-23-11-7-19-42(52)50-36-59-51(35-53(50)67)45-22-10-14-26-56(45)70-59)63-65-61(39-27-29-46-43-20-8-12-24-54(43)68-57(46)33-39)64-62(66-63)40-28-30-47-44-21-9-13-25-55(44)69-58(47)34-40/h1-36H. The SMILES string of the molecule is c1ccc(-c2cc(-c3nc(-c4ccc5c(c4)oc4ccccc45)nc(-c4ccc5c(c4)oc4ccccc45)n3)cc(-c3ccccc3)c2-n2c3ccccc3c3cc4oc5ccccc5c4cc32)cc1. The largest absolute Gasteiger partial charge is 0.456 e. The van der Waals surface area contributed by atoms with Crippen LogP contribution in [0.2, 0.25) is 0 Å². The minimum atomic E-state index is 0.525. The van der Waals surface area contributed by atoms with Crippen molar-refractivity contribution in [3.8, 4) is 62.1 Å². The Morgan fingerprint density at radius 1 is 0.257 bits per heavy atom. The molecule has 15 rings (SSSR count). The predicted octanol–water partition coefficient (Wildman–Crippen LogP) is 17.0. The molecule has 5 aromatic heterocycles. The fourth-order valence-electron chi connectivity index (χ4n) is 10.6. The molecule has 0 bridgehead atoms. The molecule has 0 amide bonds. The van der Waals surface area contributed by atoms with Crippen molar-refractivity contribution in [3.63, 3.8) is 0 Å². The zero-order valence-electron chi connectivity index (χ0n) is 37.3. The molecule has 0 fully saturated rings. The van der Waals surface area contributed by atoms with Gasteiger partial charge in [-0.25, -0.2) is 15.0 Å². The van der Waals surface area contributed by atoms with Crippen LogP contribution in [0.5, 0.6) is 0 Å². The molecule has 0 aliphatic heterocycles. The number of benzene rings is 10. The van der Waals surface area contributed by atoms with E-state index < -0.39 is 0 Å². The van der Waals surface area contributed by atoms with Gasteiger partial charge < -0.3 is 17.8 Å². The van der Waals surface area contributed by atoms with Gasteiger partial charge in [0.1, 0.15) is 33.5 Å². The zero-order valence-corrected chi connectivity index (χ0v) is 37.3. The van der Waals surface area contributed by atoms with Gasteiger partial charge in [0.15, 0.2) is 17.5 Å². The zero-order chi connectivity index (χ0) is 45.9. The minimum Gasteiger partial charge on any atom is -0.456 e. The van der Waals surface area contributed by atoms with E-state index in [0.29, 0.717) is 17.5 Å². The van der Waals surface area contributed by atoms with Crippen molar-refractivity contribution in [2.24, 2.45) is 0 Å². The van der Waals surface area contributed by atoms with Crippen LogP contribution in [0.25, 0.3) is 150 Å². The lowest BCUT2D eigenvalue weighted by molar-refractivity contribution is 0.668. The molecule has 5 heterocycles. The second-order valence-electron chi connectivity index (χ2n) is 17.9. The van der Waals surface area contributed by atoms with Crippen molar-refractivity contribution < 1.29 is 13.3 Å². The van der Waals surface area contributed by atoms with Crippen molar-refractivity contribution in [2.45, 2.75) is 0 Å². The van der Waals surface area contributed by atoms with Gasteiger partial charge in [0.25, 0.3) is 0 Å². The Labute approximate surface area is 399 Å². The summed E-state index contributed by atoms with van der Waals surface area (Å²) >= 11 is 0. The first-order valence-corrected chi connectivity index (χ1v) is 23.4. The summed E-state index contributed by atoms with van der Waals surface area (Å²) in [6, 6.07) is 75.9. The number of aromatic nitrogens is 4. The topological polar surface area (TPSA) is 83.0 Å². The molecule has 326 valence electrons. The van der Waals surface area contributed by atoms with Crippen molar-refractivity contribution in [1.29, 1.82) is 0 Å². The normalized spacial score (nSPS) is 12.0. The van der Waals surface area contributed by atoms with E-state index in [0.717, 1.165) is 132 Å². The van der Waals surface area contributed by atoms with Crippen LogP contribution in [0, 0.1) is 0 Å². The summed E-state index contributed by atoms with van der Waals surface area (Å²) in [7, 11) is 0. The molecule has 0 spiro atoms. The fraction of sp³-hybridized carbons (Fsp3) is 0. The summed E-state index contributed by atoms with van der Waals surface area (Å²) in [5, 5.41) is 8.59. The number of nitrogens with zero attached hydrogens (tertiary/aromatic N) is 4. The van der Waals surface area contributed by atoms with Gasteiger partial charge in [-0.3, -0.25) is 0 Å².